The zero-order chi connectivity index (χ0) is 24.3. The van der Waals surface area contributed by atoms with Crippen molar-refractivity contribution in [3.8, 4) is 0 Å². The lowest BCUT2D eigenvalue weighted by atomic mass is 9.53. The summed E-state index contributed by atoms with van der Waals surface area (Å²) in [7, 11) is 1.80. The van der Waals surface area contributed by atoms with Gasteiger partial charge in [0.05, 0.1) is 11.2 Å². The van der Waals surface area contributed by atoms with E-state index < -0.39 is 5.60 Å². The fourth-order valence-corrected chi connectivity index (χ4v) is 6.68. The normalized spacial score (nSPS) is 34.3. The van der Waals surface area contributed by atoms with Crippen LogP contribution in [0.5, 0.6) is 0 Å². The third-order valence-corrected chi connectivity index (χ3v) is 8.51. The predicted molar refractivity (Wildman–Crippen MR) is 128 cm³/mol. The molecule has 4 saturated carbocycles. The van der Waals surface area contributed by atoms with Gasteiger partial charge in [0.15, 0.2) is 0 Å². The molecular formula is C26H38N4O4. The number of aliphatic hydroxyl groups is 1. The minimum atomic E-state index is -0.516. The van der Waals surface area contributed by atoms with E-state index in [0.29, 0.717) is 42.2 Å². The van der Waals surface area contributed by atoms with Crippen LogP contribution in [0.4, 0.5) is 10.6 Å². The van der Waals surface area contributed by atoms with Crippen LogP contribution in [0.15, 0.2) is 18.3 Å². The van der Waals surface area contributed by atoms with Gasteiger partial charge in [-0.05, 0) is 89.2 Å². The topological polar surface area (TPSA) is 95.0 Å². The van der Waals surface area contributed by atoms with Gasteiger partial charge >= 0.3 is 6.09 Å². The van der Waals surface area contributed by atoms with Gasteiger partial charge in [0.2, 0.25) is 0 Å². The second-order valence-corrected chi connectivity index (χ2v) is 12.1. The number of nitrogens with zero attached hydrogens (tertiary/aromatic N) is 3. The number of aromatic nitrogens is 1. The number of hydrogen-bond donors (Lipinski definition) is 2. The molecule has 1 aromatic heterocycles. The summed E-state index contributed by atoms with van der Waals surface area (Å²) < 4.78 is 6.04. The molecule has 0 radical (unpaired) electrons. The lowest BCUT2D eigenvalue weighted by Gasteiger charge is -2.57. The molecule has 2 amide bonds. The zero-order valence-corrected chi connectivity index (χ0v) is 20.8. The number of nitrogens with one attached hydrogen (secondary N) is 1. The highest BCUT2D eigenvalue weighted by molar-refractivity contribution is 5.94. The van der Waals surface area contributed by atoms with Crippen molar-refractivity contribution in [2.45, 2.75) is 82.6 Å². The maximum Gasteiger partial charge on any atom is 0.410 e. The van der Waals surface area contributed by atoms with E-state index in [0.717, 1.165) is 38.5 Å². The quantitative estimate of drug-likeness (QED) is 0.699. The summed E-state index contributed by atoms with van der Waals surface area (Å²) in [6.07, 6.45) is 6.79. The molecule has 3 unspecified atom stereocenters. The van der Waals surface area contributed by atoms with Crippen LogP contribution in [0.25, 0.3) is 0 Å². The third kappa shape index (κ3) is 4.49. The van der Waals surface area contributed by atoms with Gasteiger partial charge in [0.25, 0.3) is 5.91 Å². The number of carbonyl (C=O) groups excluding carboxylic acids is 2. The van der Waals surface area contributed by atoms with Gasteiger partial charge in [0.1, 0.15) is 11.9 Å². The van der Waals surface area contributed by atoms with E-state index in [1.165, 1.54) is 0 Å². The molecule has 1 saturated heterocycles. The summed E-state index contributed by atoms with van der Waals surface area (Å²) in [6.45, 7) is 7.21. The standard InChI is InChI=1S/C26H38N4O4/c1-25(2,3)29(4)23(31)17-5-6-21(27-14-17)28-20-7-8-30(15-20)24(32)34-22-18-9-16-10-19(22)13-26(33,11-16)12-18/h5-6,14,16,18-20,22,33H,7-13,15H2,1-4H3,(H,27,28). The van der Waals surface area contributed by atoms with Crippen molar-refractivity contribution in [1.82, 2.24) is 14.8 Å². The predicted octanol–water partition coefficient (Wildman–Crippen LogP) is 3.51. The summed E-state index contributed by atoms with van der Waals surface area (Å²) in [5.74, 6) is 1.85. The van der Waals surface area contributed by atoms with Crippen LogP contribution in [-0.4, -0.2) is 75.3 Å². The smallest absolute Gasteiger partial charge is 0.410 e. The Morgan fingerprint density at radius 2 is 1.91 bits per heavy atom. The fourth-order valence-electron chi connectivity index (χ4n) is 6.68. The number of anilines is 1. The largest absolute Gasteiger partial charge is 0.446 e. The van der Waals surface area contributed by atoms with Crippen molar-refractivity contribution in [2.75, 3.05) is 25.5 Å². The van der Waals surface area contributed by atoms with Gasteiger partial charge in [-0.15, -0.1) is 0 Å². The molecule has 186 valence electrons. The molecule has 6 rings (SSSR count). The molecule has 5 aliphatic rings. The molecule has 34 heavy (non-hydrogen) atoms. The fraction of sp³-hybridized carbons (Fsp3) is 0.731. The third-order valence-electron chi connectivity index (χ3n) is 8.51. The van der Waals surface area contributed by atoms with Crippen molar-refractivity contribution in [3.63, 3.8) is 0 Å². The Morgan fingerprint density at radius 3 is 2.50 bits per heavy atom. The molecule has 1 aromatic rings. The van der Waals surface area contributed by atoms with E-state index >= 15 is 0 Å². The van der Waals surface area contributed by atoms with Gasteiger partial charge in [0, 0.05) is 37.9 Å². The minimum absolute atomic E-state index is 0.0469. The van der Waals surface area contributed by atoms with Crippen LogP contribution in [0.3, 0.4) is 0 Å². The second-order valence-electron chi connectivity index (χ2n) is 12.1. The molecule has 8 heteroatoms. The Labute approximate surface area is 202 Å². The Balaban J connectivity index is 1.13. The van der Waals surface area contributed by atoms with Crippen LogP contribution in [-0.2, 0) is 4.74 Å². The van der Waals surface area contributed by atoms with Crippen LogP contribution in [0.1, 0.15) is 69.7 Å². The van der Waals surface area contributed by atoms with E-state index in [4.69, 9.17) is 4.74 Å². The average Bonchev–Trinajstić information content (AvgIpc) is 3.22. The van der Waals surface area contributed by atoms with E-state index in [9.17, 15) is 14.7 Å². The number of hydrogen-bond acceptors (Lipinski definition) is 6. The van der Waals surface area contributed by atoms with Gasteiger partial charge in [-0.2, -0.15) is 0 Å². The van der Waals surface area contributed by atoms with Crippen molar-refractivity contribution in [2.24, 2.45) is 17.8 Å². The average molecular weight is 471 g/mol. The van der Waals surface area contributed by atoms with E-state index in [2.05, 4.69) is 10.3 Å². The van der Waals surface area contributed by atoms with Crippen LogP contribution < -0.4 is 5.32 Å². The number of pyridine rings is 1. The number of likely N-dealkylation sites (tertiary alicyclic amines) is 1. The van der Waals surface area contributed by atoms with Crippen LogP contribution in [0, 0.1) is 17.8 Å². The summed E-state index contributed by atoms with van der Waals surface area (Å²) >= 11 is 0. The second kappa shape index (κ2) is 8.40. The number of carbonyl (C=O) groups is 2. The van der Waals surface area contributed by atoms with Crippen molar-refractivity contribution < 1.29 is 19.4 Å². The number of rotatable bonds is 4. The van der Waals surface area contributed by atoms with E-state index in [1.807, 2.05) is 26.8 Å². The van der Waals surface area contributed by atoms with Crippen molar-refractivity contribution in [3.05, 3.63) is 23.9 Å². The first kappa shape index (κ1) is 23.4. The Hall–Kier alpha value is -2.35. The minimum Gasteiger partial charge on any atom is -0.446 e. The molecule has 1 aliphatic heterocycles. The molecule has 2 heterocycles. The molecule has 4 bridgehead atoms. The summed E-state index contributed by atoms with van der Waals surface area (Å²) in [5.41, 5.74) is -0.219. The molecule has 4 aliphatic carbocycles. The lowest BCUT2D eigenvalue weighted by molar-refractivity contribution is -0.177. The highest BCUT2D eigenvalue weighted by Crippen LogP contribution is 2.56. The highest BCUT2D eigenvalue weighted by atomic mass is 16.6. The molecule has 8 nitrogen and oxygen atoms in total. The van der Waals surface area contributed by atoms with E-state index in [1.54, 1.807) is 29.1 Å². The first-order valence-electron chi connectivity index (χ1n) is 12.7. The van der Waals surface area contributed by atoms with Crippen molar-refractivity contribution in [1.29, 1.82) is 0 Å². The Morgan fingerprint density at radius 1 is 1.21 bits per heavy atom. The van der Waals surface area contributed by atoms with Crippen LogP contribution in [0.2, 0.25) is 0 Å². The lowest BCUT2D eigenvalue weighted by Crippen LogP contribution is -2.58. The van der Waals surface area contributed by atoms with Crippen molar-refractivity contribution >= 4 is 17.8 Å². The highest BCUT2D eigenvalue weighted by Gasteiger charge is 2.56. The van der Waals surface area contributed by atoms with E-state index in [-0.39, 0.29) is 29.7 Å². The summed E-state index contributed by atoms with van der Waals surface area (Å²) in [5, 5.41) is 14.2. The molecule has 0 spiro atoms. The Kier molecular flexibility index (Phi) is 5.78. The monoisotopic (exact) mass is 470 g/mol. The first-order valence-corrected chi connectivity index (χ1v) is 12.7. The number of ether oxygens (including phenoxy) is 1. The SMILES string of the molecule is CN(C(=O)c1ccc(NC2CCN(C(=O)OC3C4CC5CC3CC(O)(C5)C4)C2)nc1)C(C)(C)C. The van der Waals surface area contributed by atoms with Gasteiger partial charge < -0.3 is 25.0 Å². The van der Waals surface area contributed by atoms with Gasteiger partial charge in [-0.25, -0.2) is 9.78 Å². The molecule has 5 fully saturated rings. The molecule has 3 atom stereocenters. The maximum absolute atomic E-state index is 12.9. The van der Waals surface area contributed by atoms with Gasteiger partial charge in [-0.3, -0.25) is 4.79 Å². The number of amides is 2. The first-order chi connectivity index (χ1) is 16.0. The molecule has 2 N–H and O–H groups in total. The summed E-state index contributed by atoms with van der Waals surface area (Å²) in [4.78, 5) is 33.5. The zero-order valence-electron chi connectivity index (χ0n) is 20.8. The molecule has 0 aromatic carbocycles. The van der Waals surface area contributed by atoms with Gasteiger partial charge in [-0.1, -0.05) is 0 Å². The summed E-state index contributed by atoms with van der Waals surface area (Å²) in [6, 6.07) is 3.71. The maximum atomic E-state index is 12.9. The van der Waals surface area contributed by atoms with Crippen LogP contribution >= 0.6 is 0 Å². The molecular weight excluding hydrogens is 432 g/mol. The Bertz CT molecular complexity index is 927.